The molecule has 2 heterocycles. The van der Waals surface area contributed by atoms with Crippen molar-refractivity contribution >= 4 is 11.6 Å². The summed E-state index contributed by atoms with van der Waals surface area (Å²) in [6, 6.07) is 1.86. The molecule has 0 N–H and O–H groups in total. The van der Waals surface area contributed by atoms with Crippen LogP contribution in [0.2, 0.25) is 0 Å². The van der Waals surface area contributed by atoms with Crippen molar-refractivity contribution in [1.82, 2.24) is 24.5 Å². The predicted octanol–water partition coefficient (Wildman–Crippen LogP) is 1.44. The van der Waals surface area contributed by atoms with Crippen molar-refractivity contribution in [1.29, 1.82) is 0 Å². The van der Waals surface area contributed by atoms with Crippen molar-refractivity contribution in [2.45, 2.75) is 33.9 Å². The van der Waals surface area contributed by atoms with E-state index < -0.39 is 4.92 Å². The van der Waals surface area contributed by atoms with E-state index in [1.165, 1.54) is 4.68 Å². The molecule has 1 atom stereocenters. The first kappa shape index (κ1) is 17.6. The lowest BCUT2D eigenvalue weighted by atomic mass is 10.1. The van der Waals surface area contributed by atoms with Gasteiger partial charge in [0.25, 0.3) is 0 Å². The zero-order valence-corrected chi connectivity index (χ0v) is 14.6. The number of hydrogen-bond acceptors (Lipinski definition) is 5. The summed E-state index contributed by atoms with van der Waals surface area (Å²) in [7, 11) is 3.56. The summed E-state index contributed by atoms with van der Waals surface area (Å²) in [6.45, 7) is 5.80. The van der Waals surface area contributed by atoms with Crippen LogP contribution < -0.4 is 0 Å². The molecular weight excluding hydrogens is 312 g/mol. The normalized spacial score (nSPS) is 12.2. The van der Waals surface area contributed by atoms with Gasteiger partial charge >= 0.3 is 5.69 Å². The monoisotopic (exact) mass is 334 g/mol. The van der Waals surface area contributed by atoms with E-state index in [-0.39, 0.29) is 17.5 Å². The second-order valence-corrected chi connectivity index (χ2v) is 6.00. The van der Waals surface area contributed by atoms with Crippen LogP contribution in [-0.4, -0.2) is 42.3 Å². The molecule has 2 aromatic heterocycles. The molecule has 2 rings (SSSR count). The molecule has 2 aromatic rings. The molecule has 0 aliphatic rings. The van der Waals surface area contributed by atoms with Gasteiger partial charge in [-0.15, -0.1) is 0 Å². The Balaban J connectivity index is 2.08. The van der Waals surface area contributed by atoms with E-state index >= 15 is 0 Å². The zero-order chi connectivity index (χ0) is 18.0. The molecular formula is C15H22N6O3. The average Bonchev–Trinajstić information content (AvgIpc) is 3.02. The molecule has 0 radical (unpaired) electrons. The van der Waals surface area contributed by atoms with Gasteiger partial charge in [0.2, 0.25) is 5.91 Å². The van der Waals surface area contributed by atoms with Gasteiger partial charge in [-0.3, -0.25) is 24.3 Å². The summed E-state index contributed by atoms with van der Waals surface area (Å²) in [6.07, 6.45) is 1.69. The van der Waals surface area contributed by atoms with Crippen LogP contribution in [-0.2, 0) is 24.9 Å². The molecule has 0 spiro atoms. The van der Waals surface area contributed by atoms with Gasteiger partial charge in [0.1, 0.15) is 11.4 Å². The first-order valence-electron chi connectivity index (χ1n) is 7.62. The fraction of sp³-hybridized carbons (Fsp3) is 0.533. The van der Waals surface area contributed by atoms with Crippen molar-refractivity contribution < 1.29 is 9.72 Å². The van der Waals surface area contributed by atoms with E-state index in [1.807, 2.05) is 13.1 Å². The van der Waals surface area contributed by atoms with Crippen LogP contribution in [0.25, 0.3) is 0 Å². The summed E-state index contributed by atoms with van der Waals surface area (Å²) in [4.78, 5) is 24.8. The molecule has 0 saturated heterocycles. The van der Waals surface area contributed by atoms with Gasteiger partial charge in [-0.25, -0.2) is 0 Å². The average molecular weight is 334 g/mol. The minimum atomic E-state index is -0.435. The van der Waals surface area contributed by atoms with Crippen LogP contribution in [0.5, 0.6) is 0 Å². The lowest BCUT2D eigenvalue weighted by Crippen LogP contribution is -2.34. The maximum absolute atomic E-state index is 12.5. The number of rotatable bonds is 6. The number of nitrogens with zero attached hydrogens (tertiary/aromatic N) is 6. The maximum Gasteiger partial charge on any atom is 0.312 e. The smallest absolute Gasteiger partial charge is 0.312 e. The van der Waals surface area contributed by atoms with E-state index in [4.69, 9.17) is 0 Å². The molecule has 0 fully saturated rings. The minimum Gasteiger partial charge on any atom is -0.340 e. The van der Waals surface area contributed by atoms with Gasteiger partial charge in [-0.1, -0.05) is 6.92 Å². The predicted molar refractivity (Wildman–Crippen MR) is 87.2 cm³/mol. The maximum atomic E-state index is 12.5. The van der Waals surface area contributed by atoms with E-state index in [2.05, 4.69) is 10.2 Å². The molecule has 9 heteroatoms. The van der Waals surface area contributed by atoms with E-state index in [0.29, 0.717) is 24.5 Å². The highest BCUT2D eigenvalue weighted by Gasteiger charge is 2.25. The Bertz CT molecular complexity index is 763. The number of nitro groups is 1. The highest BCUT2D eigenvalue weighted by atomic mass is 16.6. The topological polar surface area (TPSA) is 99.1 Å². The van der Waals surface area contributed by atoms with Crippen molar-refractivity contribution in [2.75, 3.05) is 7.05 Å². The second-order valence-electron chi connectivity index (χ2n) is 6.00. The molecule has 130 valence electrons. The molecule has 0 aliphatic heterocycles. The Morgan fingerprint density at radius 3 is 2.62 bits per heavy atom. The summed E-state index contributed by atoms with van der Waals surface area (Å²) < 4.78 is 3.26. The van der Waals surface area contributed by atoms with Gasteiger partial charge < -0.3 is 4.90 Å². The van der Waals surface area contributed by atoms with Crippen LogP contribution >= 0.6 is 0 Å². The van der Waals surface area contributed by atoms with Crippen LogP contribution in [0.3, 0.4) is 0 Å². The number of amides is 1. The molecule has 1 amide bonds. The van der Waals surface area contributed by atoms with Crippen molar-refractivity contribution in [3.05, 3.63) is 39.5 Å². The van der Waals surface area contributed by atoms with Gasteiger partial charge in [-0.05, 0) is 19.9 Å². The van der Waals surface area contributed by atoms with Gasteiger partial charge in [-0.2, -0.15) is 10.2 Å². The van der Waals surface area contributed by atoms with E-state index in [1.54, 1.807) is 43.6 Å². The summed E-state index contributed by atoms with van der Waals surface area (Å²) >= 11 is 0. The Labute approximate surface area is 140 Å². The quantitative estimate of drug-likeness (QED) is 0.588. The summed E-state index contributed by atoms with van der Waals surface area (Å²) in [5.74, 6) is -0.396. The first-order valence-corrected chi connectivity index (χ1v) is 7.62. The number of hydrogen-bond donors (Lipinski definition) is 0. The molecule has 24 heavy (non-hydrogen) atoms. The Morgan fingerprint density at radius 1 is 1.46 bits per heavy atom. The van der Waals surface area contributed by atoms with Gasteiger partial charge in [0, 0.05) is 20.3 Å². The minimum absolute atomic E-state index is 0.0119. The third-order valence-corrected chi connectivity index (χ3v) is 4.09. The Hall–Kier alpha value is -2.71. The summed E-state index contributed by atoms with van der Waals surface area (Å²) in [5.41, 5.74) is 1.77. The molecule has 0 aliphatic carbocycles. The highest BCUT2D eigenvalue weighted by molar-refractivity contribution is 5.78. The van der Waals surface area contributed by atoms with Crippen LogP contribution in [0.1, 0.15) is 24.0 Å². The Kier molecular flexibility index (Phi) is 5.01. The second kappa shape index (κ2) is 6.81. The lowest BCUT2D eigenvalue weighted by Gasteiger charge is -2.21. The standard InChI is InChI=1S/C15H22N6O3/c1-10(8-20-12(3)14(21(23)24)11(2)17-20)15(22)18(4)9-13-6-7-16-19(13)5/h6-7,10H,8-9H2,1-5H3. The van der Waals surface area contributed by atoms with Crippen LogP contribution in [0.15, 0.2) is 12.3 Å². The lowest BCUT2D eigenvalue weighted by molar-refractivity contribution is -0.386. The zero-order valence-electron chi connectivity index (χ0n) is 14.6. The van der Waals surface area contributed by atoms with Crippen LogP contribution in [0, 0.1) is 29.9 Å². The van der Waals surface area contributed by atoms with E-state index in [9.17, 15) is 14.9 Å². The number of carbonyl (C=O) groups excluding carboxylic acids is 1. The van der Waals surface area contributed by atoms with Crippen LogP contribution in [0.4, 0.5) is 5.69 Å². The fourth-order valence-corrected chi connectivity index (χ4v) is 2.72. The van der Waals surface area contributed by atoms with E-state index in [0.717, 1.165) is 5.69 Å². The third kappa shape index (κ3) is 3.44. The Morgan fingerprint density at radius 2 is 2.12 bits per heavy atom. The number of aromatic nitrogens is 4. The molecule has 0 bridgehead atoms. The van der Waals surface area contributed by atoms with Crippen molar-refractivity contribution in [3.63, 3.8) is 0 Å². The fourth-order valence-electron chi connectivity index (χ4n) is 2.72. The van der Waals surface area contributed by atoms with Gasteiger partial charge in [0.05, 0.1) is 29.6 Å². The molecule has 1 unspecified atom stereocenters. The summed E-state index contributed by atoms with van der Waals surface area (Å²) in [5, 5.41) is 19.3. The largest absolute Gasteiger partial charge is 0.340 e. The molecule has 0 saturated carbocycles. The molecule has 9 nitrogen and oxygen atoms in total. The SMILES string of the molecule is Cc1nn(CC(C)C(=O)N(C)Cc2ccnn2C)c(C)c1[N+](=O)[O-]. The number of carbonyl (C=O) groups is 1. The van der Waals surface area contributed by atoms with Gasteiger partial charge in [0.15, 0.2) is 0 Å². The van der Waals surface area contributed by atoms with Crippen molar-refractivity contribution in [3.8, 4) is 0 Å². The molecule has 0 aromatic carbocycles. The van der Waals surface area contributed by atoms with Crippen molar-refractivity contribution in [2.24, 2.45) is 13.0 Å². The third-order valence-electron chi connectivity index (χ3n) is 4.09. The highest BCUT2D eigenvalue weighted by Crippen LogP contribution is 2.22. The number of aryl methyl sites for hydroxylation is 2. The first-order chi connectivity index (χ1) is 11.2.